The summed E-state index contributed by atoms with van der Waals surface area (Å²) in [6.07, 6.45) is 0. The molecule has 1 aliphatic rings. The molecular formula is C18H13FN4O4. The Balaban J connectivity index is 1.66. The molecule has 2 aromatic carbocycles. The minimum absolute atomic E-state index is 0.0326. The van der Waals surface area contributed by atoms with E-state index in [2.05, 4.69) is 15.3 Å². The quantitative estimate of drug-likeness (QED) is 0.561. The zero-order chi connectivity index (χ0) is 19.0. The van der Waals surface area contributed by atoms with Gasteiger partial charge in [-0.15, -0.1) is 0 Å². The molecule has 1 aromatic heterocycles. The van der Waals surface area contributed by atoms with Crippen LogP contribution >= 0.6 is 0 Å². The van der Waals surface area contributed by atoms with Crippen molar-refractivity contribution < 1.29 is 23.7 Å². The Morgan fingerprint density at radius 2 is 2.07 bits per heavy atom. The first-order valence-corrected chi connectivity index (χ1v) is 7.92. The average molecular weight is 368 g/mol. The lowest BCUT2D eigenvalue weighted by Crippen LogP contribution is -2.30. The molecule has 0 radical (unpaired) electrons. The molecule has 136 valence electrons. The third kappa shape index (κ3) is 2.78. The van der Waals surface area contributed by atoms with Gasteiger partial charge in [0, 0.05) is 5.56 Å². The lowest BCUT2D eigenvalue weighted by molar-refractivity contribution is -0.112. The highest BCUT2D eigenvalue weighted by Crippen LogP contribution is 2.32. The highest BCUT2D eigenvalue weighted by Gasteiger charge is 2.35. The van der Waals surface area contributed by atoms with Gasteiger partial charge in [-0.25, -0.2) is 4.39 Å². The Morgan fingerprint density at radius 3 is 2.85 bits per heavy atom. The van der Waals surface area contributed by atoms with Crippen molar-refractivity contribution >= 4 is 17.3 Å². The van der Waals surface area contributed by atoms with Crippen molar-refractivity contribution in [2.75, 3.05) is 12.0 Å². The first kappa shape index (κ1) is 16.7. The van der Waals surface area contributed by atoms with Crippen LogP contribution in [0.4, 0.5) is 10.1 Å². The van der Waals surface area contributed by atoms with Gasteiger partial charge in [0.2, 0.25) is 0 Å². The van der Waals surface area contributed by atoms with E-state index < -0.39 is 11.7 Å². The number of oxime groups is 1. The van der Waals surface area contributed by atoms with Crippen LogP contribution in [0.5, 0.6) is 5.75 Å². The van der Waals surface area contributed by atoms with Crippen molar-refractivity contribution in [3.8, 4) is 17.2 Å². The average Bonchev–Trinajstić information content (AvgIpc) is 3.25. The number of carbonyl (C=O) groups excluding carboxylic acids is 1. The van der Waals surface area contributed by atoms with Gasteiger partial charge in [-0.1, -0.05) is 22.4 Å². The summed E-state index contributed by atoms with van der Waals surface area (Å²) in [5.41, 5.74) is 0.985. The van der Waals surface area contributed by atoms with Gasteiger partial charge in [0.15, 0.2) is 11.5 Å². The first-order valence-electron chi connectivity index (χ1n) is 7.92. The molecular weight excluding hydrogens is 355 g/mol. The minimum Gasteiger partial charge on any atom is -0.496 e. The predicted octanol–water partition coefficient (Wildman–Crippen LogP) is 2.61. The SMILES string of the molecule is COc1ccccc1-c1nc(CN2C(=O)/C(=N\O)c3cc(F)ccc32)no1. The van der Waals surface area contributed by atoms with Crippen molar-refractivity contribution in [3.63, 3.8) is 0 Å². The Kier molecular flexibility index (Phi) is 4.03. The molecule has 0 spiro atoms. The molecule has 0 aliphatic carbocycles. The van der Waals surface area contributed by atoms with Crippen LogP contribution in [0.3, 0.4) is 0 Å². The number of nitrogens with zero attached hydrogens (tertiary/aromatic N) is 4. The number of hydrogen-bond donors (Lipinski definition) is 1. The Hall–Kier alpha value is -3.75. The Bertz CT molecular complexity index is 1060. The zero-order valence-corrected chi connectivity index (χ0v) is 14.1. The van der Waals surface area contributed by atoms with Gasteiger partial charge in [0.1, 0.15) is 11.6 Å². The normalized spacial score (nSPS) is 14.7. The molecule has 1 N–H and O–H groups in total. The molecule has 0 saturated heterocycles. The van der Waals surface area contributed by atoms with Gasteiger partial charge < -0.3 is 14.5 Å². The second-order valence-corrected chi connectivity index (χ2v) is 5.72. The van der Waals surface area contributed by atoms with Crippen LogP contribution in [0.25, 0.3) is 11.5 Å². The van der Waals surface area contributed by atoms with Gasteiger partial charge in [-0.05, 0) is 30.3 Å². The standard InChI is InChI=1S/C18H13FN4O4/c1-26-14-5-3-2-4-11(14)17-20-15(22-27-17)9-23-13-7-6-10(19)8-12(13)16(21-25)18(23)24/h2-8,25H,9H2,1H3/b21-16-. The molecule has 0 unspecified atom stereocenters. The first-order chi connectivity index (χ1) is 13.1. The summed E-state index contributed by atoms with van der Waals surface area (Å²) in [5, 5.41) is 16.0. The monoisotopic (exact) mass is 368 g/mol. The molecule has 8 nitrogen and oxygen atoms in total. The molecule has 4 rings (SSSR count). The van der Waals surface area contributed by atoms with Crippen LogP contribution in [0.2, 0.25) is 0 Å². The van der Waals surface area contributed by atoms with Crippen molar-refractivity contribution in [3.05, 3.63) is 59.7 Å². The maximum atomic E-state index is 13.5. The van der Waals surface area contributed by atoms with Crippen molar-refractivity contribution in [2.45, 2.75) is 6.54 Å². The summed E-state index contributed by atoms with van der Waals surface area (Å²) in [7, 11) is 1.53. The van der Waals surface area contributed by atoms with E-state index in [1.807, 2.05) is 6.07 Å². The number of ether oxygens (including phenoxy) is 1. The van der Waals surface area contributed by atoms with E-state index in [0.29, 0.717) is 17.0 Å². The third-order valence-corrected chi connectivity index (χ3v) is 4.16. The van der Waals surface area contributed by atoms with Crippen LogP contribution in [0.15, 0.2) is 52.1 Å². The number of aromatic nitrogens is 2. The number of benzene rings is 2. The number of rotatable bonds is 4. The summed E-state index contributed by atoms with van der Waals surface area (Å²) in [6.45, 7) is -0.0326. The molecule has 27 heavy (non-hydrogen) atoms. The van der Waals surface area contributed by atoms with Gasteiger partial charge in [0.05, 0.1) is 24.9 Å². The fourth-order valence-electron chi connectivity index (χ4n) is 2.93. The summed E-state index contributed by atoms with van der Waals surface area (Å²) >= 11 is 0. The maximum absolute atomic E-state index is 13.5. The van der Waals surface area contributed by atoms with Gasteiger partial charge in [0.25, 0.3) is 11.8 Å². The molecule has 1 aliphatic heterocycles. The van der Waals surface area contributed by atoms with Gasteiger partial charge in [-0.3, -0.25) is 9.69 Å². The smallest absolute Gasteiger partial charge is 0.281 e. The predicted molar refractivity (Wildman–Crippen MR) is 92.2 cm³/mol. The molecule has 0 fully saturated rings. The van der Waals surface area contributed by atoms with Gasteiger partial charge >= 0.3 is 0 Å². The summed E-state index contributed by atoms with van der Waals surface area (Å²) in [6, 6.07) is 10.9. The number of hydrogen-bond acceptors (Lipinski definition) is 7. The molecule has 9 heteroatoms. The molecule has 3 aromatic rings. The van der Waals surface area contributed by atoms with E-state index >= 15 is 0 Å². The maximum Gasteiger partial charge on any atom is 0.281 e. The fourth-order valence-corrected chi connectivity index (χ4v) is 2.93. The zero-order valence-electron chi connectivity index (χ0n) is 14.1. The third-order valence-electron chi connectivity index (χ3n) is 4.16. The molecule has 0 atom stereocenters. The fraction of sp³-hybridized carbons (Fsp3) is 0.111. The summed E-state index contributed by atoms with van der Waals surface area (Å²) < 4.78 is 24.1. The number of halogens is 1. The number of fused-ring (bicyclic) bond motifs is 1. The minimum atomic E-state index is -0.582. The summed E-state index contributed by atoms with van der Waals surface area (Å²) in [4.78, 5) is 18.1. The molecule has 2 heterocycles. The van der Waals surface area contributed by atoms with E-state index in [9.17, 15) is 9.18 Å². The topological polar surface area (TPSA) is 101 Å². The largest absolute Gasteiger partial charge is 0.496 e. The highest BCUT2D eigenvalue weighted by atomic mass is 19.1. The second kappa shape index (κ2) is 6.52. The van der Waals surface area contributed by atoms with E-state index in [1.54, 1.807) is 18.2 Å². The number of anilines is 1. The highest BCUT2D eigenvalue weighted by molar-refractivity contribution is 6.54. The van der Waals surface area contributed by atoms with Gasteiger partial charge in [-0.2, -0.15) is 4.98 Å². The number of amides is 1. The second-order valence-electron chi connectivity index (χ2n) is 5.72. The van der Waals surface area contributed by atoms with E-state index in [1.165, 1.54) is 24.1 Å². The van der Waals surface area contributed by atoms with Crippen LogP contribution in [-0.4, -0.2) is 34.1 Å². The van der Waals surface area contributed by atoms with Crippen LogP contribution in [-0.2, 0) is 11.3 Å². The van der Waals surface area contributed by atoms with Crippen LogP contribution in [0.1, 0.15) is 11.4 Å². The Labute approximate surface area is 152 Å². The van der Waals surface area contributed by atoms with Crippen LogP contribution in [0, 0.1) is 5.82 Å². The van der Waals surface area contributed by atoms with E-state index in [-0.39, 0.29) is 29.5 Å². The molecule has 0 saturated carbocycles. The summed E-state index contributed by atoms with van der Waals surface area (Å²) in [5.74, 6) is -0.0759. The lowest BCUT2D eigenvalue weighted by Gasteiger charge is -2.14. The molecule has 0 bridgehead atoms. The van der Waals surface area contributed by atoms with E-state index in [0.717, 1.165) is 6.07 Å². The molecule has 1 amide bonds. The Morgan fingerprint density at radius 1 is 1.26 bits per heavy atom. The van der Waals surface area contributed by atoms with Crippen LogP contribution < -0.4 is 9.64 Å². The number of methoxy groups -OCH3 is 1. The van der Waals surface area contributed by atoms with Crippen molar-refractivity contribution in [2.24, 2.45) is 5.16 Å². The lowest BCUT2D eigenvalue weighted by atomic mass is 10.1. The number of carbonyl (C=O) groups is 1. The van der Waals surface area contributed by atoms with Crippen molar-refractivity contribution in [1.29, 1.82) is 0 Å². The van der Waals surface area contributed by atoms with Crippen molar-refractivity contribution in [1.82, 2.24) is 10.1 Å². The number of para-hydroxylation sites is 1. The van der Waals surface area contributed by atoms with E-state index in [4.69, 9.17) is 14.5 Å².